The number of nitrogens with zero attached hydrogens (tertiary/aromatic N) is 2. The van der Waals surface area contributed by atoms with Crippen molar-refractivity contribution in [1.82, 2.24) is 9.97 Å². The molecule has 1 saturated heterocycles. The van der Waals surface area contributed by atoms with Crippen molar-refractivity contribution in [2.45, 2.75) is 51.6 Å². The van der Waals surface area contributed by atoms with Gasteiger partial charge in [-0.15, -0.1) is 0 Å². The van der Waals surface area contributed by atoms with E-state index in [2.05, 4.69) is 22.2 Å². The van der Waals surface area contributed by atoms with Gasteiger partial charge in [-0.3, -0.25) is 0 Å². The number of anilines is 1. The Balaban J connectivity index is 1.67. The van der Waals surface area contributed by atoms with Crippen LogP contribution in [-0.2, 0) is 17.6 Å². The Morgan fingerprint density at radius 1 is 1.32 bits per heavy atom. The highest BCUT2D eigenvalue weighted by molar-refractivity contribution is 5.47. The Kier molecular flexibility index (Phi) is 3.97. The van der Waals surface area contributed by atoms with Crippen molar-refractivity contribution in [3.05, 3.63) is 17.6 Å². The topological polar surface area (TPSA) is 47.0 Å². The van der Waals surface area contributed by atoms with Crippen molar-refractivity contribution in [3.63, 3.8) is 0 Å². The van der Waals surface area contributed by atoms with E-state index in [-0.39, 0.29) is 0 Å². The molecule has 1 aromatic rings. The smallest absolute Gasteiger partial charge is 0.132 e. The van der Waals surface area contributed by atoms with E-state index in [9.17, 15) is 0 Å². The minimum Gasteiger partial charge on any atom is -0.378 e. The van der Waals surface area contributed by atoms with Crippen LogP contribution in [0.3, 0.4) is 0 Å². The molecule has 1 aliphatic carbocycles. The van der Waals surface area contributed by atoms with Gasteiger partial charge in [-0.1, -0.05) is 6.92 Å². The standard InChI is InChI=1S/C15H23N3O/c1-2-14-11(7-8-19-14)9-16-15-12-5-3-4-6-13(12)17-10-18-15/h10-11,14H,2-9H2,1H3,(H,16,17,18). The van der Waals surface area contributed by atoms with Crippen LogP contribution < -0.4 is 5.32 Å². The van der Waals surface area contributed by atoms with Crippen molar-refractivity contribution in [1.29, 1.82) is 0 Å². The largest absolute Gasteiger partial charge is 0.378 e. The van der Waals surface area contributed by atoms with Gasteiger partial charge in [0.2, 0.25) is 0 Å². The van der Waals surface area contributed by atoms with Gasteiger partial charge in [-0.25, -0.2) is 9.97 Å². The minimum absolute atomic E-state index is 0.421. The molecule has 0 bridgehead atoms. The summed E-state index contributed by atoms with van der Waals surface area (Å²) >= 11 is 0. The third-order valence-corrected chi connectivity index (χ3v) is 4.41. The molecular weight excluding hydrogens is 238 g/mol. The molecular formula is C15H23N3O. The Hall–Kier alpha value is -1.16. The number of hydrogen-bond acceptors (Lipinski definition) is 4. The summed E-state index contributed by atoms with van der Waals surface area (Å²) < 4.78 is 5.74. The maximum Gasteiger partial charge on any atom is 0.132 e. The van der Waals surface area contributed by atoms with Crippen LogP contribution in [0.4, 0.5) is 5.82 Å². The van der Waals surface area contributed by atoms with Crippen LogP contribution in [-0.4, -0.2) is 29.2 Å². The van der Waals surface area contributed by atoms with E-state index in [4.69, 9.17) is 4.74 Å². The highest BCUT2D eigenvalue weighted by Crippen LogP contribution is 2.27. The lowest BCUT2D eigenvalue weighted by Crippen LogP contribution is -2.24. The third-order valence-electron chi connectivity index (χ3n) is 4.41. The molecule has 19 heavy (non-hydrogen) atoms. The van der Waals surface area contributed by atoms with E-state index in [0.717, 1.165) is 38.2 Å². The first-order valence-electron chi connectivity index (χ1n) is 7.56. The summed E-state index contributed by atoms with van der Waals surface area (Å²) in [5, 5.41) is 3.55. The van der Waals surface area contributed by atoms with Gasteiger partial charge in [-0.2, -0.15) is 0 Å². The zero-order chi connectivity index (χ0) is 13.1. The van der Waals surface area contributed by atoms with Crippen LogP contribution in [0.2, 0.25) is 0 Å². The lowest BCUT2D eigenvalue weighted by molar-refractivity contribution is 0.0900. The summed E-state index contributed by atoms with van der Waals surface area (Å²) in [4.78, 5) is 8.86. The highest BCUT2D eigenvalue weighted by atomic mass is 16.5. The van der Waals surface area contributed by atoms with Crippen LogP contribution >= 0.6 is 0 Å². The fraction of sp³-hybridized carbons (Fsp3) is 0.733. The normalized spacial score (nSPS) is 26.2. The van der Waals surface area contributed by atoms with Gasteiger partial charge in [0.05, 0.1) is 6.10 Å². The fourth-order valence-corrected chi connectivity index (χ4v) is 3.28. The predicted molar refractivity (Wildman–Crippen MR) is 75.3 cm³/mol. The summed E-state index contributed by atoms with van der Waals surface area (Å²) in [7, 11) is 0. The summed E-state index contributed by atoms with van der Waals surface area (Å²) in [5.41, 5.74) is 2.60. The molecule has 1 aromatic heterocycles. The summed E-state index contributed by atoms with van der Waals surface area (Å²) in [5.74, 6) is 1.69. The van der Waals surface area contributed by atoms with E-state index in [1.54, 1.807) is 6.33 Å². The lowest BCUT2D eigenvalue weighted by atomic mass is 9.96. The van der Waals surface area contributed by atoms with Gasteiger partial charge in [0, 0.05) is 30.3 Å². The zero-order valence-corrected chi connectivity index (χ0v) is 11.7. The van der Waals surface area contributed by atoms with Crippen molar-refractivity contribution in [3.8, 4) is 0 Å². The maximum absolute atomic E-state index is 5.74. The van der Waals surface area contributed by atoms with Crippen LogP contribution in [0.25, 0.3) is 0 Å². The van der Waals surface area contributed by atoms with Crippen molar-refractivity contribution < 1.29 is 4.74 Å². The molecule has 4 heteroatoms. The van der Waals surface area contributed by atoms with E-state index in [1.807, 2.05) is 0 Å². The van der Waals surface area contributed by atoms with E-state index >= 15 is 0 Å². The fourth-order valence-electron chi connectivity index (χ4n) is 3.28. The zero-order valence-electron chi connectivity index (χ0n) is 11.7. The van der Waals surface area contributed by atoms with E-state index in [0.29, 0.717) is 12.0 Å². The molecule has 1 aliphatic heterocycles. The number of fused-ring (bicyclic) bond motifs is 1. The van der Waals surface area contributed by atoms with Gasteiger partial charge >= 0.3 is 0 Å². The average Bonchev–Trinajstić information content (AvgIpc) is 2.92. The van der Waals surface area contributed by atoms with Crippen LogP contribution in [0.1, 0.15) is 43.9 Å². The average molecular weight is 261 g/mol. The molecule has 2 atom stereocenters. The minimum atomic E-state index is 0.421. The molecule has 2 unspecified atom stereocenters. The van der Waals surface area contributed by atoms with Gasteiger partial charge in [-0.05, 0) is 38.5 Å². The Morgan fingerprint density at radius 3 is 3.11 bits per heavy atom. The SMILES string of the molecule is CCC1OCCC1CNc1ncnc2c1CCCC2. The summed E-state index contributed by atoms with van der Waals surface area (Å²) in [6.07, 6.45) is 9.15. The first kappa shape index (κ1) is 12.9. The number of aryl methyl sites for hydroxylation is 1. The Morgan fingerprint density at radius 2 is 2.21 bits per heavy atom. The van der Waals surface area contributed by atoms with Crippen LogP contribution in [0, 0.1) is 5.92 Å². The van der Waals surface area contributed by atoms with E-state index in [1.165, 1.54) is 30.5 Å². The second-order valence-electron chi connectivity index (χ2n) is 5.60. The Bertz CT molecular complexity index is 435. The summed E-state index contributed by atoms with van der Waals surface area (Å²) in [6, 6.07) is 0. The lowest BCUT2D eigenvalue weighted by Gasteiger charge is -2.21. The van der Waals surface area contributed by atoms with Gasteiger partial charge in [0.15, 0.2) is 0 Å². The first-order chi connectivity index (χ1) is 9.38. The molecule has 2 aliphatic rings. The molecule has 0 amide bonds. The second-order valence-corrected chi connectivity index (χ2v) is 5.60. The third kappa shape index (κ3) is 2.73. The number of rotatable bonds is 4. The molecule has 104 valence electrons. The number of hydrogen-bond donors (Lipinski definition) is 1. The maximum atomic E-state index is 5.74. The number of aromatic nitrogens is 2. The van der Waals surface area contributed by atoms with Crippen molar-refractivity contribution in [2.24, 2.45) is 5.92 Å². The van der Waals surface area contributed by atoms with Crippen LogP contribution in [0.5, 0.6) is 0 Å². The quantitative estimate of drug-likeness (QED) is 0.905. The summed E-state index contributed by atoms with van der Waals surface area (Å²) in [6.45, 7) is 4.09. The highest BCUT2D eigenvalue weighted by Gasteiger charge is 2.27. The Labute approximate surface area is 115 Å². The molecule has 0 radical (unpaired) electrons. The van der Waals surface area contributed by atoms with Crippen LogP contribution in [0.15, 0.2) is 6.33 Å². The molecule has 1 fully saturated rings. The molecule has 2 heterocycles. The molecule has 4 nitrogen and oxygen atoms in total. The van der Waals surface area contributed by atoms with Crippen molar-refractivity contribution in [2.75, 3.05) is 18.5 Å². The molecule has 0 saturated carbocycles. The monoisotopic (exact) mass is 261 g/mol. The molecule has 0 aromatic carbocycles. The van der Waals surface area contributed by atoms with Crippen molar-refractivity contribution >= 4 is 5.82 Å². The number of nitrogens with one attached hydrogen (secondary N) is 1. The van der Waals surface area contributed by atoms with Gasteiger partial charge < -0.3 is 10.1 Å². The molecule has 0 spiro atoms. The van der Waals surface area contributed by atoms with Gasteiger partial charge in [0.25, 0.3) is 0 Å². The molecule has 1 N–H and O–H groups in total. The first-order valence-corrected chi connectivity index (χ1v) is 7.56. The number of ether oxygens (including phenoxy) is 1. The second kappa shape index (κ2) is 5.87. The van der Waals surface area contributed by atoms with Gasteiger partial charge in [0.1, 0.15) is 12.1 Å². The predicted octanol–water partition coefficient (Wildman–Crippen LogP) is 2.58. The van der Waals surface area contributed by atoms with E-state index < -0.39 is 0 Å². The molecule has 3 rings (SSSR count).